The fourth-order valence-corrected chi connectivity index (χ4v) is 2.96. The molecule has 1 aliphatic carbocycles. The van der Waals surface area contributed by atoms with E-state index >= 15 is 0 Å². The highest BCUT2D eigenvalue weighted by atomic mass is 35.5. The zero-order valence-corrected chi connectivity index (χ0v) is 16.5. The van der Waals surface area contributed by atoms with Crippen molar-refractivity contribution in [2.75, 3.05) is 11.9 Å². The number of hydrogen-bond donors (Lipinski definition) is 3. The summed E-state index contributed by atoms with van der Waals surface area (Å²) >= 11 is 5.84. The first kappa shape index (κ1) is 20.2. The van der Waals surface area contributed by atoms with Gasteiger partial charge in [0.05, 0.1) is 18.6 Å². The number of halogens is 1. The van der Waals surface area contributed by atoms with E-state index in [0.717, 1.165) is 17.5 Å². The summed E-state index contributed by atoms with van der Waals surface area (Å²) in [6.45, 7) is 3.02. The zero-order chi connectivity index (χ0) is 19.9. The maximum absolute atomic E-state index is 12.1. The molecule has 1 fully saturated rings. The first-order chi connectivity index (χ1) is 13.5. The van der Waals surface area contributed by atoms with Crippen LogP contribution in [0.2, 0.25) is 5.02 Å². The van der Waals surface area contributed by atoms with Gasteiger partial charge in [-0.2, -0.15) is 0 Å². The van der Waals surface area contributed by atoms with Crippen molar-refractivity contribution < 1.29 is 14.3 Å². The molecule has 3 N–H and O–H groups in total. The summed E-state index contributed by atoms with van der Waals surface area (Å²) in [5, 5.41) is 9.19. The van der Waals surface area contributed by atoms with Gasteiger partial charge in [0.1, 0.15) is 0 Å². The van der Waals surface area contributed by atoms with E-state index < -0.39 is 0 Å². The minimum absolute atomic E-state index is 0.0198. The molecule has 0 radical (unpaired) electrons. The Hall–Kier alpha value is -2.57. The predicted molar refractivity (Wildman–Crippen MR) is 109 cm³/mol. The number of anilines is 1. The Morgan fingerprint density at radius 1 is 1.07 bits per heavy atom. The summed E-state index contributed by atoms with van der Waals surface area (Å²) in [7, 11) is 0. The van der Waals surface area contributed by atoms with Crippen molar-refractivity contribution in [3.05, 3.63) is 64.7 Å². The van der Waals surface area contributed by atoms with E-state index in [1.54, 1.807) is 24.3 Å². The number of carbonyl (C=O) groups is 2. The molecule has 0 aromatic heterocycles. The van der Waals surface area contributed by atoms with E-state index in [2.05, 4.69) is 16.0 Å². The van der Waals surface area contributed by atoms with Crippen LogP contribution in [-0.2, 0) is 22.5 Å². The van der Waals surface area contributed by atoms with Gasteiger partial charge in [-0.3, -0.25) is 4.79 Å². The minimum Gasteiger partial charge on any atom is -0.376 e. The number of rotatable bonds is 8. The molecule has 2 unspecified atom stereocenters. The normalized spacial score (nSPS) is 17.6. The molecule has 1 saturated carbocycles. The first-order valence-electron chi connectivity index (χ1n) is 9.32. The third-order valence-corrected chi connectivity index (χ3v) is 4.65. The van der Waals surface area contributed by atoms with Crippen molar-refractivity contribution in [2.45, 2.75) is 38.5 Å². The average molecular weight is 402 g/mol. The van der Waals surface area contributed by atoms with Crippen LogP contribution in [0.3, 0.4) is 0 Å². The van der Waals surface area contributed by atoms with Crippen LogP contribution in [0.1, 0.15) is 24.5 Å². The molecule has 28 heavy (non-hydrogen) atoms. The monoisotopic (exact) mass is 401 g/mol. The van der Waals surface area contributed by atoms with Gasteiger partial charge in [-0.15, -0.1) is 0 Å². The highest BCUT2D eigenvalue weighted by molar-refractivity contribution is 6.30. The fourth-order valence-electron chi connectivity index (χ4n) is 2.83. The quantitative estimate of drug-likeness (QED) is 0.633. The Morgan fingerprint density at radius 2 is 1.75 bits per heavy atom. The molecule has 6 nitrogen and oxygen atoms in total. The van der Waals surface area contributed by atoms with Gasteiger partial charge in [-0.25, -0.2) is 4.79 Å². The highest BCUT2D eigenvalue weighted by Gasteiger charge is 2.38. The van der Waals surface area contributed by atoms with Crippen molar-refractivity contribution in [3.63, 3.8) is 0 Å². The lowest BCUT2D eigenvalue weighted by Gasteiger charge is -2.09. The lowest BCUT2D eigenvalue weighted by molar-refractivity contribution is -0.120. The number of amides is 3. The number of ether oxygens (including phenoxy) is 1. The van der Waals surface area contributed by atoms with E-state index in [1.807, 2.05) is 31.2 Å². The van der Waals surface area contributed by atoms with Gasteiger partial charge in [0.2, 0.25) is 5.91 Å². The molecular formula is C21H24ClN3O3. The minimum atomic E-state index is -0.295. The SMILES string of the molecule is CCOC1CC1NC(=O)Cc1ccc(NC(=O)NCc2ccc(Cl)cc2)cc1. The van der Waals surface area contributed by atoms with E-state index in [1.165, 1.54) is 0 Å². The molecule has 1 aliphatic rings. The van der Waals surface area contributed by atoms with Crippen molar-refractivity contribution in [1.82, 2.24) is 10.6 Å². The van der Waals surface area contributed by atoms with Gasteiger partial charge in [-0.1, -0.05) is 35.9 Å². The van der Waals surface area contributed by atoms with Crippen LogP contribution in [0.4, 0.5) is 10.5 Å². The number of hydrogen-bond acceptors (Lipinski definition) is 3. The van der Waals surface area contributed by atoms with E-state index in [9.17, 15) is 9.59 Å². The van der Waals surface area contributed by atoms with Crippen LogP contribution in [0.5, 0.6) is 0 Å². The van der Waals surface area contributed by atoms with Gasteiger partial charge >= 0.3 is 6.03 Å². The smallest absolute Gasteiger partial charge is 0.319 e. The molecule has 2 aromatic rings. The highest BCUT2D eigenvalue weighted by Crippen LogP contribution is 2.25. The number of carbonyl (C=O) groups excluding carboxylic acids is 2. The Balaban J connectivity index is 1.40. The van der Waals surface area contributed by atoms with Crippen LogP contribution in [0, 0.1) is 0 Å². The summed E-state index contributed by atoms with van der Waals surface area (Å²) < 4.78 is 5.46. The summed E-state index contributed by atoms with van der Waals surface area (Å²) in [6, 6.07) is 14.4. The molecule has 0 heterocycles. The Morgan fingerprint density at radius 3 is 2.43 bits per heavy atom. The van der Waals surface area contributed by atoms with Crippen molar-refractivity contribution in [1.29, 1.82) is 0 Å². The third-order valence-electron chi connectivity index (χ3n) is 4.40. The predicted octanol–water partition coefficient (Wildman–Crippen LogP) is 3.50. The molecule has 0 spiro atoms. The van der Waals surface area contributed by atoms with E-state index in [-0.39, 0.29) is 24.1 Å². The lowest BCUT2D eigenvalue weighted by Crippen LogP contribution is -2.29. The maximum Gasteiger partial charge on any atom is 0.319 e. The van der Waals surface area contributed by atoms with Crippen molar-refractivity contribution >= 4 is 29.2 Å². The summed E-state index contributed by atoms with van der Waals surface area (Å²) in [5.41, 5.74) is 2.51. The van der Waals surface area contributed by atoms with Gasteiger partial charge in [0, 0.05) is 23.9 Å². The Kier molecular flexibility index (Phi) is 6.90. The van der Waals surface area contributed by atoms with Crippen LogP contribution >= 0.6 is 11.6 Å². The van der Waals surface area contributed by atoms with E-state index in [4.69, 9.17) is 16.3 Å². The number of benzene rings is 2. The molecule has 148 valence electrons. The van der Waals surface area contributed by atoms with Gasteiger partial charge in [-0.05, 0) is 48.7 Å². The van der Waals surface area contributed by atoms with Crippen LogP contribution in [0.25, 0.3) is 0 Å². The van der Waals surface area contributed by atoms with E-state index in [0.29, 0.717) is 30.3 Å². The lowest BCUT2D eigenvalue weighted by atomic mass is 10.1. The molecule has 2 atom stereocenters. The molecule has 3 rings (SSSR count). The van der Waals surface area contributed by atoms with Crippen molar-refractivity contribution in [2.24, 2.45) is 0 Å². The van der Waals surface area contributed by atoms with Crippen LogP contribution < -0.4 is 16.0 Å². The number of nitrogens with one attached hydrogen (secondary N) is 3. The standard InChI is InChI=1S/C21H24ClN3O3/c1-2-28-19-12-18(19)25-20(26)11-14-5-9-17(10-6-14)24-21(27)23-13-15-3-7-16(22)8-4-15/h3-10,18-19H,2,11-13H2,1H3,(H,25,26)(H2,23,24,27). The van der Waals surface area contributed by atoms with Gasteiger partial charge in [0.25, 0.3) is 0 Å². The molecule has 0 aliphatic heterocycles. The second kappa shape index (κ2) is 9.57. The number of urea groups is 1. The Labute approximate surface area is 169 Å². The maximum atomic E-state index is 12.1. The molecule has 0 bridgehead atoms. The second-order valence-electron chi connectivity index (χ2n) is 6.71. The Bertz CT molecular complexity index is 809. The fraction of sp³-hybridized carbons (Fsp3) is 0.333. The summed E-state index contributed by atoms with van der Waals surface area (Å²) in [5.74, 6) is -0.0198. The molecule has 7 heteroatoms. The molecule has 2 aromatic carbocycles. The zero-order valence-electron chi connectivity index (χ0n) is 15.7. The topological polar surface area (TPSA) is 79.5 Å². The molecule has 3 amide bonds. The average Bonchev–Trinajstić information content (AvgIpc) is 3.40. The van der Waals surface area contributed by atoms with Crippen molar-refractivity contribution in [3.8, 4) is 0 Å². The molecular weight excluding hydrogens is 378 g/mol. The first-order valence-corrected chi connectivity index (χ1v) is 9.70. The van der Waals surface area contributed by atoms with Gasteiger partial charge < -0.3 is 20.7 Å². The molecule has 0 saturated heterocycles. The summed E-state index contributed by atoms with van der Waals surface area (Å²) in [6.07, 6.45) is 1.35. The van der Waals surface area contributed by atoms with Crippen LogP contribution in [0.15, 0.2) is 48.5 Å². The summed E-state index contributed by atoms with van der Waals surface area (Å²) in [4.78, 5) is 24.1. The largest absolute Gasteiger partial charge is 0.376 e. The van der Waals surface area contributed by atoms with Crippen LogP contribution in [-0.4, -0.2) is 30.7 Å². The van der Waals surface area contributed by atoms with Gasteiger partial charge in [0.15, 0.2) is 0 Å². The third kappa shape index (κ3) is 6.25. The second-order valence-corrected chi connectivity index (χ2v) is 7.15.